The molecule has 3 aliphatic rings. The van der Waals surface area contributed by atoms with Gasteiger partial charge in [-0.1, -0.05) is 25.5 Å². The van der Waals surface area contributed by atoms with Gasteiger partial charge in [0.05, 0.1) is 0 Å². The molecule has 172 valence electrons. The molecule has 5 heteroatoms. The van der Waals surface area contributed by atoms with Gasteiger partial charge in [0.1, 0.15) is 17.2 Å². The normalized spacial score (nSPS) is 33.9. The van der Waals surface area contributed by atoms with Crippen molar-refractivity contribution >= 4 is 0 Å². The predicted octanol–water partition coefficient (Wildman–Crippen LogP) is 8.67. The van der Waals surface area contributed by atoms with Gasteiger partial charge >= 0.3 is 6.18 Å². The third kappa shape index (κ3) is 4.85. The average molecular weight is 441 g/mol. The third-order valence-electron chi connectivity index (χ3n) is 8.26. The van der Waals surface area contributed by atoms with Crippen LogP contribution in [0.5, 0.6) is 0 Å². The highest BCUT2D eigenvalue weighted by Crippen LogP contribution is 2.55. The van der Waals surface area contributed by atoms with Gasteiger partial charge in [-0.15, -0.1) is 0 Å². The zero-order chi connectivity index (χ0) is 22.2. The van der Waals surface area contributed by atoms with Crippen LogP contribution in [0.4, 0.5) is 22.0 Å². The summed E-state index contributed by atoms with van der Waals surface area (Å²) >= 11 is 0. The SMILES string of the molecule is CCCC=C[C@@H]1CC[C@H]2[C@H](CC[C@H]3C[C@H](c4cc(F)c(C(F)(F)F)c(F)c4)CC[C@@H]32)C1. The van der Waals surface area contributed by atoms with Crippen LogP contribution in [0.3, 0.4) is 0 Å². The average Bonchev–Trinajstić information content (AvgIpc) is 2.71. The fraction of sp³-hybridized carbons (Fsp3) is 0.692. The molecule has 1 aromatic carbocycles. The van der Waals surface area contributed by atoms with Crippen LogP contribution in [-0.4, -0.2) is 0 Å². The molecule has 0 spiro atoms. The Morgan fingerprint density at radius 2 is 1.48 bits per heavy atom. The highest BCUT2D eigenvalue weighted by Gasteiger charge is 2.45. The summed E-state index contributed by atoms with van der Waals surface area (Å²) < 4.78 is 66.9. The van der Waals surface area contributed by atoms with Crippen molar-refractivity contribution in [3.05, 3.63) is 47.0 Å². The Hall–Kier alpha value is -1.39. The Labute approximate surface area is 182 Å². The van der Waals surface area contributed by atoms with E-state index in [9.17, 15) is 22.0 Å². The lowest BCUT2D eigenvalue weighted by molar-refractivity contribution is -0.142. The van der Waals surface area contributed by atoms with E-state index in [4.69, 9.17) is 0 Å². The molecule has 31 heavy (non-hydrogen) atoms. The quantitative estimate of drug-likeness (QED) is 0.324. The Morgan fingerprint density at radius 3 is 2.10 bits per heavy atom. The highest BCUT2D eigenvalue weighted by atomic mass is 19.4. The van der Waals surface area contributed by atoms with E-state index in [1.807, 2.05) is 0 Å². The van der Waals surface area contributed by atoms with Crippen LogP contribution in [0.2, 0.25) is 0 Å². The van der Waals surface area contributed by atoms with Crippen molar-refractivity contribution < 1.29 is 22.0 Å². The molecule has 0 nitrogen and oxygen atoms in total. The predicted molar refractivity (Wildman–Crippen MR) is 113 cm³/mol. The fourth-order valence-corrected chi connectivity index (χ4v) is 6.86. The van der Waals surface area contributed by atoms with Gasteiger partial charge in [-0.25, -0.2) is 8.78 Å². The van der Waals surface area contributed by atoms with E-state index < -0.39 is 23.4 Å². The summed E-state index contributed by atoms with van der Waals surface area (Å²) in [6, 6.07) is 1.85. The van der Waals surface area contributed by atoms with Crippen molar-refractivity contribution in [2.24, 2.45) is 29.6 Å². The van der Waals surface area contributed by atoms with E-state index in [0.717, 1.165) is 56.1 Å². The summed E-state index contributed by atoms with van der Waals surface area (Å²) in [7, 11) is 0. The minimum Gasteiger partial charge on any atom is -0.206 e. The summed E-state index contributed by atoms with van der Waals surface area (Å²) in [4.78, 5) is 0. The van der Waals surface area contributed by atoms with Crippen LogP contribution in [0.25, 0.3) is 0 Å². The largest absolute Gasteiger partial charge is 0.422 e. The number of alkyl halides is 3. The molecule has 3 fully saturated rings. The van der Waals surface area contributed by atoms with Crippen molar-refractivity contribution in [3.63, 3.8) is 0 Å². The number of unbranched alkanes of at least 4 members (excludes halogenated alkanes) is 1. The van der Waals surface area contributed by atoms with Gasteiger partial charge < -0.3 is 0 Å². The smallest absolute Gasteiger partial charge is 0.206 e. The minimum atomic E-state index is -5.01. The molecular formula is C26H33F5. The van der Waals surface area contributed by atoms with Crippen molar-refractivity contribution in [1.29, 1.82) is 0 Å². The maximum atomic E-state index is 14.1. The number of allylic oxidation sites excluding steroid dienone is 2. The number of halogens is 5. The zero-order valence-electron chi connectivity index (χ0n) is 18.2. The molecule has 3 aliphatic carbocycles. The molecule has 0 aliphatic heterocycles. The monoisotopic (exact) mass is 440 g/mol. The van der Waals surface area contributed by atoms with Gasteiger partial charge in [-0.3, -0.25) is 0 Å². The molecule has 0 radical (unpaired) electrons. The standard InChI is InChI=1S/C26H33F5/c1-2-3-4-5-16-6-10-21-18(12-16)7-8-19-13-17(9-11-22(19)21)20-14-23(27)25(24(28)15-20)26(29,30)31/h4-5,14-19,21-22H,2-3,6-13H2,1H3/t16-,17-,18-,19+,21+,22+/m1/s1. The van der Waals surface area contributed by atoms with Gasteiger partial charge in [0.25, 0.3) is 0 Å². The van der Waals surface area contributed by atoms with E-state index in [1.165, 1.54) is 32.1 Å². The molecule has 0 saturated heterocycles. The molecule has 0 amide bonds. The van der Waals surface area contributed by atoms with E-state index in [-0.39, 0.29) is 5.92 Å². The molecule has 4 rings (SSSR count). The van der Waals surface area contributed by atoms with Crippen LogP contribution in [0, 0.1) is 41.2 Å². The summed E-state index contributed by atoms with van der Waals surface area (Å²) in [6.07, 6.45) is 10.9. The van der Waals surface area contributed by atoms with Gasteiger partial charge in [0.15, 0.2) is 0 Å². The van der Waals surface area contributed by atoms with Gasteiger partial charge in [0, 0.05) is 0 Å². The number of hydrogen-bond donors (Lipinski definition) is 0. The van der Waals surface area contributed by atoms with Crippen molar-refractivity contribution in [2.75, 3.05) is 0 Å². The number of rotatable bonds is 4. The highest BCUT2D eigenvalue weighted by molar-refractivity contribution is 5.31. The summed E-state index contributed by atoms with van der Waals surface area (Å²) in [5, 5.41) is 0. The third-order valence-corrected chi connectivity index (χ3v) is 8.26. The molecular weight excluding hydrogens is 407 g/mol. The molecule has 0 aromatic heterocycles. The first-order valence-corrected chi connectivity index (χ1v) is 12.0. The van der Waals surface area contributed by atoms with Crippen LogP contribution in [0.1, 0.15) is 88.2 Å². The Kier molecular flexibility index (Phi) is 6.79. The minimum absolute atomic E-state index is 0.0441. The van der Waals surface area contributed by atoms with Crippen LogP contribution < -0.4 is 0 Å². The lowest BCUT2D eigenvalue weighted by Crippen LogP contribution is -2.41. The Morgan fingerprint density at radius 1 is 0.871 bits per heavy atom. The lowest BCUT2D eigenvalue weighted by atomic mass is 9.55. The van der Waals surface area contributed by atoms with E-state index in [2.05, 4.69) is 19.1 Å². The van der Waals surface area contributed by atoms with Gasteiger partial charge in [0.2, 0.25) is 0 Å². The van der Waals surface area contributed by atoms with Crippen LogP contribution in [0.15, 0.2) is 24.3 Å². The topological polar surface area (TPSA) is 0 Å². The lowest BCUT2D eigenvalue weighted by Gasteiger charge is -2.50. The molecule has 1 aromatic rings. The van der Waals surface area contributed by atoms with Gasteiger partial charge in [-0.2, -0.15) is 13.2 Å². The summed E-state index contributed by atoms with van der Waals surface area (Å²) in [6.45, 7) is 2.20. The Bertz CT molecular complexity index is 772. The number of fused-ring (bicyclic) bond motifs is 3. The maximum absolute atomic E-state index is 14.1. The van der Waals surface area contributed by atoms with Gasteiger partial charge in [-0.05, 0) is 111 Å². The molecule has 6 atom stereocenters. The molecule has 0 heterocycles. The zero-order valence-corrected chi connectivity index (χ0v) is 18.2. The van der Waals surface area contributed by atoms with Crippen molar-refractivity contribution in [3.8, 4) is 0 Å². The number of hydrogen-bond acceptors (Lipinski definition) is 0. The molecule has 0 bridgehead atoms. The molecule has 3 saturated carbocycles. The molecule has 0 unspecified atom stereocenters. The second-order valence-corrected chi connectivity index (χ2v) is 10.1. The van der Waals surface area contributed by atoms with Crippen LogP contribution in [-0.2, 0) is 6.18 Å². The first-order valence-electron chi connectivity index (χ1n) is 12.0. The first-order chi connectivity index (χ1) is 14.8. The Balaban J connectivity index is 1.42. The molecule has 0 N–H and O–H groups in total. The summed E-state index contributed by atoms with van der Waals surface area (Å²) in [5.74, 6) is 0.419. The second kappa shape index (κ2) is 9.23. The first kappa shape index (κ1) is 22.8. The summed E-state index contributed by atoms with van der Waals surface area (Å²) in [5.41, 5.74) is -1.37. The van der Waals surface area contributed by atoms with E-state index in [0.29, 0.717) is 23.3 Å². The van der Waals surface area contributed by atoms with Crippen LogP contribution >= 0.6 is 0 Å². The van der Waals surface area contributed by atoms with Crippen molar-refractivity contribution in [2.45, 2.75) is 83.2 Å². The van der Waals surface area contributed by atoms with E-state index in [1.54, 1.807) is 0 Å². The van der Waals surface area contributed by atoms with Crippen molar-refractivity contribution in [1.82, 2.24) is 0 Å². The number of benzene rings is 1. The maximum Gasteiger partial charge on any atom is 0.422 e. The fourth-order valence-electron chi connectivity index (χ4n) is 6.86. The van der Waals surface area contributed by atoms with E-state index >= 15 is 0 Å². The second-order valence-electron chi connectivity index (χ2n) is 10.1.